The number of hydrogen-bond acceptors (Lipinski definition) is 9. The van der Waals surface area contributed by atoms with Crippen LogP contribution in [0.4, 0.5) is 16.4 Å². The molecule has 2 aromatic heterocycles. The molecule has 0 saturated carbocycles. The Hall–Kier alpha value is -3.45. The lowest BCUT2D eigenvalue weighted by Crippen LogP contribution is -2.43. The predicted octanol–water partition coefficient (Wildman–Crippen LogP) is 0.773. The number of unbranched alkanes of at least 4 members (excludes halogenated alkanes) is 1. The van der Waals surface area contributed by atoms with Crippen molar-refractivity contribution in [2.24, 2.45) is 0 Å². The number of hydrogen-bond donors (Lipinski definition) is 5. The van der Waals surface area contributed by atoms with Gasteiger partial charge in [0, 0.05) is 57.7 Å². The maximum atomic E-state index is 12.8. The first-order valence-corrected chi connectivity index (χ1v) is 14.7. The van der Waals surface area contributed by atoms with Crippen molar-refractivity contribution in [2.75, 3.05) is 61.8 Å². The molecule has 1 saturated heterocycles. The molecule has 13 heteroatoms. The smallest absolute Gasteiger partial charge is 0.315 e. The maximum Gasteiger partial charge on any atom is 0.315 e. The maximum absolute atomic E-state index is 12.8. The largest absolute Gasteiger partial charge is 0.384 e. The Morgan fingerprint density at radius 3 is 2.53 bits per heavy atom. The molecule has 0 aromatic carbocycles. The van der Waals surface area contributed by atoms with E-state index in [9.17, 15) is 18.0 Å². The van der Waals surface area contributed by atoms with E-state index in [1.165, 1.54) is 0 Å². The van der Waals surface area contributed by atoms with Gasteiger partial charge in [-0.25, -0.2) is 23.2 Å². The first kappa shape index (κ1) is 29.1. The van der Waals surface area contributed by atoms with Gasteiger partial charge in [-0.05, 0) is 49.9 Å². The van der Waals surface area contributed by atoms with Crippen LogP contribution in [0.5, 0.6) is 0 Å². The molecule has 0 radical (unpaired) electrons. The lowest BCUT2D eigenvalue weighted by Gasteiger charge is -2.26. The van der Waals surface area contributed by atoms with Gasteiger partial charge >= 0.3 is 6.03 Å². The van der Waals surface area contributed by atoms with Gasteiger partial charge in [-0.15, -0.1) is 0 Å². The number of carbonyl (C=O) groups is 2. The number of nitrogens with zero attached hydrogens (tertiary/aromatic N) is 3. The third-order valence-electron chi connectivity index (χ3n) is 6.14. The minimum atomic E-state index is -2.92. The van der Waals surface area contributed by atoms with Gasteiger partial charge < -0.3 is 27.0 Å². The summed E-state index contributed by atoms with van der Waals surface area (Å²) in [6.45, 7) is 5.52. The topological polar surface area (TPSA) is 171 Å². The number of urea groups is 1. The van der Waals surface area contributed by atoms with E-state index in [2.05, 4.69) is 31.2 Å². The standard InChI is InChI=1S/C25H38N8O4S/c1-2-27-23-21(24(34)28-11-12-33-13-15-38(36,37)16-14-33)8-7-20(32-23)5-3-4-10-29-25(35)31-18-19-6-9-22(26)30-17-19/h6-9,17H,2-5,10-16,18H2,1H3,(H2,26,30)(H,27,32)(H,28,34)(H2,29,31,35). The number of sulfone groups is 1. The van der Waals surface area contributed by atoms with Crippen LogP contribution in [0.1, 0.15) is 41.4 Å². The Labute approximate surface area is 224 Å². The van der Waals surface area contributed by atoms with Crippen molar-refractivity contribution < 1.29 is 18.0 Å². The van der Waals surface area contributed by atoms with E-state index in [1.54, 1.807) is 18.3 Å². The van der Waals surface area contributed by atoms with E-state index in [1.807, 2.05) is 24.0 Å². The van der Waals surface area contributed by atoms with Crippen LogP contribution in [0.2, 0.25) is 0 Å². The van der Waals surface area contributed by atoms with Crippen LogP contribution in [0, 0.1) is 0 Å². The average Bonchev–Trinajstić information content (AvgIpc) is 2.89. The van der Waals surface area contributed by atoms with Gasteiger partial charge in [0.05, 0.1) is 17.1 Å². The monoisotopic (exact) mass is 546 g/mol. The van der Waals surface area contributed by atoms with Gasteiger partial charge in [0.2, 0.25) is 0 Å². The van der Waals surface area contributed by atoms with E-state index < -0.39 is 9.84 Å². The van der Waals surface area contributed by atoms with Gasteiger partial charge in [0.15, 0.2) is 9.84 Å². The fourth-order valence-electron chi connectivity index (χ4n) is 3.94. The molecule has 208 valence electrons. The molecule has 3 rings (SSSR count). The zero-order chi connectivity index (χ0) is 27.4. The Bertz CT molecular complexity index is 1160. The first-order chi connectivity index (χ1) is 18.3. The zero-order valence-electron chi connectivity index (χ0n) is 21.8. The number of aromatic nitrogens is 2. The van der Waals surface area contributed by atoms with Crippen molar-refractivity contribution in [2.45, 2.75) is 32.7 Å². The molecule has 0 aliphatic carbocycles. The summed E-state index contributed by atoms with van der Waals surface area (Å²) in [6, 6.07) is 6.90. The molecule has 1 fully saturated rings. The second-order valence-corrected chi connectivity index (χ2v) is 11.4. The summed E-state index contributed by atoms with van der Waals surface area (Å²) in [4.78, 5) is 35.4. The Morgan fingerprint density at radius 1 is 1.03 bits per heavy atom. The van der Waals surface area contributed by atoms with E-state index in [0.717, 1.165) is 30.5 Å². The molecule has 0 bridgehead atoms. The van der Waals surface area contributed by atoms with Gasteiger partial charge in [0.1, 0.15) is 11.6 Å². The number of nitrogens with one attached hydrogen (secondary N) is 4. The summed E-state index contributed by atoms with van der Waals surface area (Å²) in [5.74, 6) is 1.11. The summed E-state index contributed by atoms with van der Waals surface area (Å²) < 4.78 is 23.1. The summed E-state index contributed by atoms with van der Waals surface area (Å²) in [5, 5.41) is 11.7. The molecule has 38 heavy (non-hydrogen) atoms. The molecule has 0 unspecified atom stereocenters. The van der Waals surface area contributed by atoms with Crippen LogP contribution < -0.4 is 27.0 Å². The highest BCUT2D eigenvalue weighted by Gasteiger charge is 2.21. The SMILES string of the molecule is CCNc1nc(CCCCNC(=O)NCc2ccc(N)nc2)ccc1C(=O)NCCN1CCS(=O)(=O)CC1. The number of rotatable bonds is 13. The molecule has 0 atom stereocenters. The van der Waals surface area contributed by atoms with Crippen molar-refractivity contribution in [1.82, 2.24) is 30.8 Å². The van der Waals surface area contributed by atoms with Crippen molar-refractivity contribution in [3.8, 4) is 0 Å². The summed E-state index contributed by atoms with van der Waals surface area (Å²) in [7, 11) is -2.92. The summed E-state index contributed by atoms with van der Waals surface area (Å²) in [6.07, 6.45) is 3.97. The summed E-state index contributed by atoms with van der Waals surface area (Å²) >= 11 is 0. The second-order valence-electron chi connectivity index (χ2n) is 9.14. The van der Waals surface area contributed by atoms with Gasteiger partial charge in [-0.3, -0.25) is 9.69 Å². The van der Waals surface area contributed by atoms with Crippen LogP contribution in [0.15, 0.2) is 30.5 Å². The van der Waals surface area contributed by atoms with Crippen molar-refractivity contribution in [3.05, 3.63) is 47.3 Å². The van der Waals surface area contributed by atoms with Crippen LogP contribution in [-0.2, 0) is 22.8 Å². The molecule has 12 nitrogen and oxygen atoms in total. The number of nitrogens with two attached hydrogens (primary N) is 1. The van der Waals surface area contributed by atoms with E-state index in [4.69, 9.17) is 5.73 Å². The van der Waals surface area contributed by atoms with Crippen LogP contribution in [0.25, 0.3) is 0 Å². The quantitative estimate of drug-likeness (QED) is 0.228. The number of nitrogen functional groups attached to an aromatic ring is 1. The molecule has 3 amide bonds. The highest BCUT2D eigenvalue weighted by Crippen LogP contribution is 2.15. The molecule has 6 N–H and O–H groups in total. The highest BCUT2D eigenvalue weighted by atomic mass is 32.2. The molecule has 0 spiro atoms. The third kappa shape index (κ3) is 9.78. The Morgan fingerprint density at radius 2 is 1.82 bits per heavy atom. The molecular weight excluding hydrogens is 508 g/mol. The average molecular weight is 547 g/mol. The molecule has 2 aromatic rings. The third-order valence-corrected chi connectivity index (χ3v) is 7.75. The second kappa shape index (κ2) is 14.5. The van der Waals surface area contributed by atoms with E-state index >= 15 is 0 Å². The molecular formula is C25H38N8O4S. The van der Waals surface area contributed by atoms with Gasteiger partial charge in [0.25, 0.3) is 5.91 Å². The van der Waals surface area contributed by atoms with Crippen LogP contribution in [0.3, 0.4) is 0 Å². The van der Waals surface area contributed by atoms with Gasteiger partial charge in [-0.1, -0.05) is 6.07 Å². The lowest BCUT2D eigenvalue weighted by molar-refractivity contribution is 0.0949. The van der Waals surface area contributed by atoms with Crippen molar-refractivity contribution >= 4 is 33.4 Å². The lowest BCUT2D eigenvalue weighted by atomic mass is 10.1. The highest BCUT2D eigenvalue weighted by molar-refractivity contribution is 7.91. The van der Waals surface area contributed by atoms with Crippen molar-refractivity contribution in [1.29, 1.82) is 0 Å². The number of amides is 3. The predicted molar refractivity (Wildman–Crippen MR) is 148 cm³/mol. The minimum absolute atomic E-state index is 0.169. The van der Waals surface area contributed by atoms with Gasteiger partial charge in [-0.2, -0.15) is 0 Å². The molecule has 1 aliphatic heterocycles. The fourth-order valence-corrected chi connectivity index (χ4v) is 5.22. The van der Waals surface area contributed by atoms with Crippen molar-refractivity contribution in [3.63, 3.8) is 0 Å². The van der Waals surface area contributed by atoms with E-state index in [-0.39, 0.29) is 23.4 Å². The Balaban J connectivity index is 1.37. The number of aryl methyl sites for hydroxylation is 1. The minimum Gasteiger partial charge on any atom is -0.384 e. The number of pyridine rings is 2. The summed E-state index contributed by atoms with van der Waals surface area (Å²) in [5.41, 5.74) is 7.77. The van der Waals surface area contributed by atoms with E-state index in [0.29, 0.717) is 63.0 Å². The number of anilines is 2. The molecule has 3 heterocycles. The first-order valence-electron chi connectivity index (χ1n) is 12.9. The molecule has 1 aliphatic rings. The fraction of sp³-hybridized carbons (Fsp3) is 0.520. The normalized spacial score (nSPS) is 15.0. The Kier molecular flexibility index (Phi) is 11.1. The number of carbonyl (C=O) groups excluding carboxylic acids is 2. The zero-order valence-corrected chi connectivity index (χ0v) is 22.6. The van der Waals surface area contributed by atoms with Crippen LogP contribution >= 0.6 is 0 Å². The van der Waals surface area contributed by atoms with Crippen LogP contribution in [-0.4, -0.2) is 86.0 Å².